The van der Waals surface area contributed by atoms with Gasteiger partial charge in [0.25, 0.3) is 0 Å². The lowest BCUT2D eigenvalue weighted by Crippen LogP contribution is -2.29. The summed E-state index contributed by atoms with van der Waals surface area (Å²) in [6.07, 6.45) is 3.49. The summed E-state index contributed by atoms with van der Waals surface area (Å²) in [5, 5.41) is 18.8. The topological polar surface area (TPSA) is 66.2 Å². The smallest absolute Gasteiger partial charge is 0.423 e. The lowest BCUT2D eigenvalue weighted by atomic mass is 9.78. The number of nitrogens with zero attached hydrogens (tertiary/aromatic N) is 2. The zero-order valence-electron chi connectivity index (χ0n) is 13.6. The summed E-state index contributed by atoms with van der Waals surface area (Å²) in [5.74, 6) is 0. The molecule has 2 heterocycles. The second-order valence-electron chi connectivity index (χ2n) is 6.30. The maximum atomic E-state index is 8.87. The predicted octanol–water partition coefficient (Wildman–Crippen LogP) is 2.29. The van der Waals surface area contributed by atoms with Crippen LogP contribution in [0.15, 0.2) is 60.9 Å². The minimum absolute atomic E-state index is 0.110. The number of pyridine rings is 2. The van der Waals surface area contributed by atoms with Crippen LogP contribution in [-0.4, -0.2) is 27.1 Å². The fraction of sp³-hybridized carbons (Fsp3) is 0.222. The van der Waals surface area contributed by atoms with Crippen LogP contribution in [0.1, 0.15) is 26.3 Å². The monoisotopic (exact) mass is 308 g/mol. The second kappa shape index (κ2) is 7.35. The highest BCUT2D eigenvalue weighted by atomic mass is 16.4. The molecule has 118 valence electrons. The van der Waals surface area contributed by atoms with Crippen LogP contribution in [0.25, 0.3) is 11.0 Å². The first-order valence-electron chi connectivity index (χ1n) is 7.50. The Balaban J connectivity index is 0.000000172. The van der Waals surface area contributed by atoms with E-state index in [4.69, 9.17) is 10.0 Å². The molecule has 0 aliphatic heterocycles. The first kappa shape index (κ1) is 17.1. The molecule has 3 aromatic rings. The minimum Gasteiger partial charge on any atom is -0.423 e. The molecule has 4 nitrogen and oxygen atoms in total. The molecule has 0 saturated heterocycles. The van der Waals surface area contributed by atoms with Crippen LogP contribution in [0.5, 0.6) is 0 Å². The van der Waals surface area contributed by atoms with Crippen molar-refractivity contribution in [3.05, 3.63) is 66.5 Å². The first-order chi connectivity index (χ1) is 10.9. The standard InChI is InChI=1S/C10H15BO2.C8H6N2/c1-10(2,3)8-4-6-9(7-5-8)11(12)13;1-3-7-4-2-6-10-8(7)9-5-1/h4-7,12-13H,1-3H3;1-6H. The third kappa shape index (κ3) is 4.88. The highest BCUT2D eigenvalue weighted by Crippen LogP contribution is 2.20. The molecule has 0 radical (unpaired) electrons. The van der Waals surface area contributed by atoms with Gasteiger partial charge in [-0.1, -0.05) is 45.0 Å². The normalized spacial score (nSPS) is 10.8. The number of aromatic nitrogens is 2. The zero-order chi connectivity index (χ0) is 16.9. The number of hydrogen-bond donors (Lipinski definition) is 2. The van der Waals surface area contributed by atoms with Crippen LogP contribution in [0.4, 0.5) is 0 Å². The van der Waals surface area contributed by atoms with Gasteiger partial charge in [0.05, 0.1) is 0 Å². The van der Waals surface area contributed by atoms with Gasteiger partial charge in [0, 0.05) is 17.8 Å². The van der Waals surface area contributed by atoms with Crippen molar-refractivity contribution in [2.24, 2.45) is 0 Å². The lowest BCUT2D eigenvalue weighted by molar-refractivity contribution is 0.425. The fourth-order valence-corrected chi connectivity index (χ4v) is 2.06. The van der Waals surface area contributed by atoms with Gasteiger partial charge in [-0.2, -0.15) is 0 Å². The Morgan fingerprint density at radius 1 is 0.826 bits per heavy atom. The Kier molecular flexibility index (Phi) is 5.47. The molecule has 0 fully saturated rings. The Morgan fingerprint density at radius 3 is 1.74 bits per heavy atom. The average molecular weight is 308 g/mol. The van der Waals surface area contributed by atoms with E-state index in [-0.39, 0.29) is 5.41 Å². The van der Waals surface area contributed by atoms with Gasteiger partial charge in [-0.05, 0) is 40.7 Å². The van der Waals surface area contributed by atoms with Crippen molar-refractivity contribution in [3.8, 4) is 0 Å². The summed E-state index contributed by atoms with van der Waals surface area (Å²) in [4.78, 5) is 8.14. The van der Waals surface area contributed by atoms with Crippen molar-refractivity contribution in [2.45, 2.75) is 26.2 Å². The summed E-state index contributed by atoms with van der Waals surface area (Å²) in [6.45, 7) is 6.37. The van der Waals surface area contributed by atoms with E-state index in [9.17, 15) is 0 Å². The quantitative estimate of drug-likeness (QED) is 0.677. The molecule has 0 bridgehead atoms. The largest absolute Gasteiger partial charge is 0.488 e. The Labute approximate surface area is 137 Å². The van der Waals surface area contributed by atoms with E-state index < -0.39 is 7.12 Å². The summed E-state index contributed by atoms with van der Waals surface area (Å²) < 4.78 is 0. The van der Waals surface area contributed by atoms with E-state index in [1.165, 1.54) is 5.56 Å². The van der Waals surface area contributed by atoms with Crippen LogP contribution in [0, 0.1) is 0 Å². The van der Waals surface area contributed by atoms with E-state index in [0.717, 1.165) is 11.0 Å². The number of rotatable bonds is 1. The van der Waals surface area contributed by atoms with E-state index in [0.29, 0.717) is 5.46 Å². The molecule has 2 aromatic heterocycles. The predicted molar refractivity (Wildman–Crippen MR) is 94.5 cm³/mol. The Hall–Kier alpha value is -2.24. The SMILES string of the molecule is CC(C)(C)c1ccc(B(O)O)cc1.c1cnc2ncccc2c1. The molecule has 0 unspecified atom stereocenters. The van der Waals surface area contributed by atoms with Gasteiger partial charge < -0.3 is 10.0 Å². The van der Waals surface area contributed by atoms with E-state index >= 15 is 0 Å². The molecular weight excluding hydrogens is 287 g/mol. The number of benzene rings is 1. The summed E-state index contributed by atoms with van der Waals surface area (Å²) in [5.41, 5.74) is 2.65. The number of fused-ring (bicyclic) bond motifs is 1. The van der Waals surface area contributed by atoms with Crippen LogP contribution < -0.4 is 5.46 Å². The molecule has 2 N–H and O–H groups in total. The minimum atomic E-state index is -1.37. The van der Waals surface area contributed by atoms with Gasteiger partial charge in [-0.3, -0.25) is 0 Å². The van der Waals surface area contributed by atoms with Crippen LogP contribution in [0.2, 0.25) is 0 Å². The van der Waals surface area contributed by atoms with E-state index in [1.807, 2.05) is 36.4 Å². The van der Waals surface area contributed by atoms with Gasteiger partial charge in [-0.15, -0.1) is 0 Å². The van der Waals surface area contributed by atoms with Crippen molar-refractivity contribution < 1.29 is 10.0 Å². The number of hydrogen-bond acceptors (Lipinski definition) is 4. The van der Waals surface area contributed by atoms with Crippen molar-refractivity contribution in [1.29, 1.82) is 0 Å². The summed E-state index contributed by atoms with van der Waals surface area (Å²) in [6, 6.07) is 15.1. The molecule has 5 heteroatoms. The molecule has 0 aliphatic rings. The first-order valence-corrected chi connectivity index (χ1v) is 7.50. The molecule has 23 heavy (non-hydrogen) atoms. The van der Waals surface area contributed by atoms with E-state index in [2.05, 4.69) is 30.7 Å². The molecule has 1 aromatic carbocycles. The van der Waals surface area contributed by atoms with Crippen molar-refractivity contribution in [3.63, 3.8) is 0 Å². The van der Waals surface area contributed by atoms with Crippen molar-refractivity contribution >= 4 is 23.6 Å². The maximum Gasteiger partial charge on any atom is 0.488 e. The maximum absolute atomic E-state index is 8.87. The molecule has 0 saturated carbocycles. The van der Waals surface area contributed by atoms with Gasteiger partial charge in [0.15, 0.2) is 5.65 Å². The van der Waals surface area contributed by atoms with E-state index in [1.54, 1.807) is 24.5 Å². The third-order valence-corrected chi connectivity index (χ3v) is 3.45. The zero-order valence-corrected chi connectivity index (χ0v) is 13.6. The molecule has 3 rings (SSSR count). The molecule has 0 aliphatic carbocycles. The van der Waals surface area contributed by atoms with Gasteiger partial charge >= 0.3 is 7.12 Å². The summed E-state index contributed by atoms with van der Waals surface area (Å²) in [7, 11) is -1.37. The molecule has 0 spiro atoms. The molecule has 0 atom stereocenters. The van der Waals surface area contributed by atoms with Gasteiger partial charge in [-0.25, -0.2) is 9.97 Å². The van der Waals surface area contributed by atoms with Crippen LogP contribution in [0.3, 0.4) is 0 Å². The van der Waals surface area contributed by atoms with Gasteiger partial charge in [0.2, 0.25) is 0 Å². The highest BCUT2D eigenvalue weighted by molar-refractivity contribution is 6.58. The lowest BCUT2D eigenvalue weighted by Gasteiger charge is -2.19. The fourth-order valence-electron chi connectivity index (χ4n) is 2.06. The van der Waals surface area contributed by atoms with Crippen molar-refractivity contribution in [1.82, 2.24) is 9.97 Å². The Bertz CT molecular complexity index is 687. The average Bonchev–Trinajstić information content (AvgIpc) is 2.55. The Morgan fingerprint density at radius 2 is 1.35 bits per heavy atom. The molecular formula is C18H21BN2O2. The van der Waals surface area contributed by atoms with Crippen LogP contribution >= 0.6 is 0 Å². The molecule has 0 amide bonds. The third-order valence-electron chi connectivity index (χ3n) is 3.45. The van der Waals surface area contributed by atoms with Crippen LogP contribution in [-0.2, 0) is 5.41 Å². The summed E-state index contributed by atoms with van der Waals surface area (Å²) >= 11 is 0. The second-order valence-corrected chi connectivity index (χ2v) is 6.30. The van der Waals surface area contributed by atoms with Gasteiger partial charge in [0.1, 0.15) is 0 Å². The van der Waals surface area contributed by atoms with Crippen molar-refractivity contribution in [2.75, 3.05) is 0 Å². The highest BCUT2D eigenvalue weighted by Gasteiger charge is 2.15.